The first-order valence-corrected chi connectivity index (χ1v) is 7.02. The zero-order chi connectivity index (χ0) is 13.1. The van der Waals surface area contributed by atoms with E-state index in [9.17, 15) is 0 Å². The molecule has 1 aliphatic rings. The highest BCUT2D eigenvalue weighted by Crippen LogP contribution is 2.16. The van der Waals surface area contributed by atoms with E-state index in [1.165, 1.54) is 26.2 Å². The molecule has 0 saturated carbocycles. The molecule has 1 fully saturated rings. The summed E-state index contributed by atoms with van der Waals surface area (Å²) in [7, 11) is 0. The van der Waals surface area contributed by atoms with Crippen LogP contribution in [0.5, 0.6) is 0 Å². The van der Waals surface area contributed by atoms with E-state index in [1.807, 2.05) is 0 Å². The number of nitrogens with zero attached hydrogens (tertiary/aromatic N) is 2. The monoisotopic (exact) mass is 241 g/mol. The number of rotatable bonds is 4. The molecule has 0 bridgehead atoms. The van der Waals surface area contributed by atoms with Crippen LogP contribution in [0.3, 0.4) is 0 Å². The van der Waals surface area contributed by atoms with E-state index in [0.29, 0.717) is 17.5 Å². The van der Waals surface area contributed by atoms with E-state index in [0.717, 1.165) is 13.0 Å². The van der Waals surface area contributed by atoms with E-state index in [1.54, 1.807) is 0 Å². The van der Waals surface area contributed by atoms with Crippen LogP contribution in [0.2, 0.25) is 0 Å². The third-order valence-corrected chi connectivity index (χ3v) is 3.59. The minimum atomic E-state index is 0.312. The number of hydrogen-bond acceptors (Lipinski definition) is 3. The number of nitrogens with two attached hydrogens (primary N) is 1. The molecule has 0 aliphatic carbocycles. The SMILES string of the molecule is CC(C)CC(N)CN1CCN(C(C)(C)C)CC1. The molecule has 0 aromatic heterocycles. The average Bonchev–Trinajstić information content (AvgIpc) is 2.15. The predicted molar refractivity (Wildman–Crippen MR) is 75.2 cm³/mol. The Morgan fingerprint density at radius 2 is 1.59 bits per heavy atom. The first kappa shape index (κ1) is 14.9. The predicted octanol–water partition coefficient (Wildman–Crippen LogP) is 1.78. The summed E-state index contributed by atoms with van der Waals surface area (Å²) in [6.45, 7) is 17.2. The van der Waals surface area contributed by atoms with E-state index in [-0.39, 0.29) is 0 Å². The maximum Gasteiger partial charge on any atom is 0.0170 e. The molecule has 1 heterocycles. The van der Waals surface area contributed by atoms with Crippen molar-refractivity contribution in [2.24, 2.45) is 11.7 Å². The fraction of sp³-hybridized carbons (Fsp3) is 1.00. The van der Waals surface area contributed by atoms with Gasteiger partial charge in [-0.3, -0.25) is 9.80 Å². The van der Waals surface area contributed by atoms with Gasteiger partial charge in [0.25, 0.3) is 0 Å². The van der Waals surface area contributed by atoms with Crippen LogP contribution in [-0.4, -0.2) is 54.1 Å². The lowest BCUT2D eigenvalue weighted by atomic mass is 10.0. The Morgan fingerprint density at radius 1 is 1.06 bits per heavy atom. The first-order chi connectivity index (χ1) is 7.79. The summed E-state index contributed by atoms with van der Waals surface area (Å²) in [4.78, 5) is 5.09. The van der Waals surface area contributed by atoms with Gasteiger partial charge < -0.3 is 5.73 Å². The Labute approximate surface area is 107 Å². The molecule has 2 N–H and O–H groups in total. The quantitative estimate of drug-likeness (QED) is 0.814. The molecule has 102 valence electrons. The summed E-state index contributed by atoms with van der Waals surface area (Å²) in [5.41, 5.74) is 6.48. The number of piperazine rings is 1. The van der Waals surface area contributed by atoms with E-state index in [4.69, 9.17) is 5.73 Å². The molecule has 0 aromatic rings. The van der Waals surface area contributed by atoms with Gasteiger partial charge in [-0.05, 0) is 33.1 Å². The van der Waals surface area contributed by atoms with E-state index < -0.39 is 0 Å². The van der Waals surface area contributed by atoms with Crippen molar-refractivity contribution in [2.75, 3.05) is 32.7 Å². The molecule has 1 aliphatic heterocycles. The van der Waals surface area contributed by atoms with Gasteiger partial charge in [0.15, 0.2) is 0 Å². The van der Waals surface area contributed by atoms with Crippen LogP contribution in [0.1, 0.15) is 41.0 Å². The molecule has 0 radical (unpaired) electrons. The summed E-state index contributed by atoms with van der Waals surface area (Å²) in [5.74, 6) is 0.709. The lowest BCUT2D eigenvalue weighted by Crippen LogP contribution is -2.55. The van der Waals surface area contributed by atoms with Gasteiger partial charge in [0, 0.05) is 44.3 Å². The Morgan fingerprint density at radius 3 is 2.00 bits per heavy atom. The van der Waals surface area contributed by atoms with Gasteiger partial charge in [-0.15, -0.1) is 0 Å². The third kappa shape index (κ3) is 5.36. The van der Waals surface area contributed by atoms with Crippen molar-refractivity contribution < 1.29 is 0 Å². The second-order valence-electron chi connectivity index (χ2n) is 6.85. The third-order valence-electron chi connectivity index (χ3n) is 3.59. The van der Waals surface area contributed by atoms with Crippen LogP contribution >= 0.6 is 0 Å². The highest BCUT2D eigenvalue weighted by molar-refractivity contribution is 4.83. The Balaban J connectivity index is 2.28. The van der Waals surface area contributed by atoms with Crippen LogP contribution in [0, 0.1) is 5.92 Å². The lowest BCUT2D eigenvalue weighted by molar-refractivity contribution is 0.0590. The van der Waals surface area contributed by atoms with Gasteiger partial charge in [-0.2, -0.15) is 0 Å². The van der Waals surface area contributed by atoms with Gasteiger partial charge in [0.2, 0.25) is 0 Å². The van der Waals surface area contributed by atoms with Gasteiger partial charge in [0.1, 0.15) is 0 Å². The van der Waals surface area contributed by atoms with Crippen LogP contribution in [0.4, 0.5) is 0 Å². The fourth-order valence-corrected chi connectivity index (χ4v) is 2.61. The van der Waals surface area contributed by atoms with Crippen LogP contribution in [-0.2, 0) is 0 Å². The smallest absolute Gasteiger partial charge is 0.0170 e. The van der Waals surface area contributed by atoms with Crippen molar-refractivity contribution in [3.05, 3.63) is 0 Å². The molecule has 3 nitrogen and oxygen atoms in total. The molecular weight excluding hydrogens is 210 g/mol. The van der Waals surface area contributed by atoms with Crippen molar-refractivity contribution in [1.82, 2.24) is 9.80 Å². The molecule has 0 amide bonds. The van der Waals surface area contributed by atoms with Crippen LogP contribution in [0.15, 0.2) is 0 Å². The second kappa shape index (κ2) is 6.17. The summed E-state index contributed by atoms with van der Waals surface area (Å²) in [5, 5.41) is 0. The molecule has 1 atom stereocenters. The van der Waals surface area contributed by atoms with Gasteiger partial charge in [-0.1, -0.05) is 13.8 Å². The van der Waals surface area contributed by atoms with Crippen molar-refractivity contribution >= 4 is 0 Å². The fourth-order valence-electron chi connectivity index (χ4n) is 2.61. The van der Waals surface area contributed by atoms with Crippen molar-refractivity contribution in [3.63, 3.8) is 0 Å². The maximum absolute atomic E-state index is 6.17. The standard InChI is InChI=1S/C14H31N3/c1-12(2)10-13(15)11-16-6-8-17(9-7-16)14(3,4)5/h12-13H,6-11,15H2,1-5H3. The molecular formula is C14H31N3. The van der Waals surface area contributed by atoms with Gasteiger partial charge in [-0.25, -0.2) is 0 Å². The molecule has 3 heteroatoms. The average molecular weight is 241 g/mol. The van der Waals surface area contributed by atoms with Crippen molar-refractivity contribution in [3.8, 4) is 0 Å². The van der Waals surface area contributed by atoms with Crippen LogP contribution < -0.4 is 5.73 Å². The van der Waals surface area contributed by atoms with Crippen molar-refractivity contribution in [1.29, 1.82) is 0 Å². The highest BCUT2D eigenvalue weighted by atomic mass is 15.3. The lowest BCUT2D eigenvalue weighted by Gasteiger charge is -2.42. The molecule has 1 unspecified atom stereocenters. The first-order valence-electron chi connectivity index (χ1n) is 7.02. The minimum Gasteiger partial charge on any atom is -0.327 e. The Hall–Kier alpha value is -0.120. The summed E-state index contributed by atoms with van der Waals surface area (Å²) >= 11 is 0. The summed E-state index contributed by atoms with van der Waals surface area (Å²) in [6, 6.07) is 0.344. The normalized spacial score (nSPS) is 22.1. The molecule has 1 rings (SSSR count). The number of hydrogen-bond donors (Lipinski definition) is 1. The molecule has 17 heavy (non-hydrogen) atoms. The van der Waals surface area contributed by atoms with Crippen molar-refractivity contribution in [2.45, 2.75) is 52.6 Å². The Bertz CT molecular complexity index is 212. The largest absolute Gasteiger partial charge is 0.327 e. The summed E-state index contributed by atoms with van der Waals surface area (Å²) < 4.78 is 0. The molecule has 0 spiro atoms. The van der Waals surface area contributed by atoms with Gasteiger partial charge in [0.05, 0.1) is 0 Å². The summed E-state index contributed by atoms with van der Waals surface area (Å²) in [6.07, 6.45) is 1.14. The molecule has 1 saturated heterocycles. The Kier molecular flexibility index (Phi) is 5.42. The highest BCUT2D eigenvalue weighted by Gasteiger charge is 2.26. The van der Waals surface area contributed by atoms with Gasteiger partial charge >= 0.3 is 0 Å². The van der Waals surface area contributed by atoms with E-state index >= 15 is 0 Å². The topological polar surface area (TPSA) is 32.5 Å². The maximum atomic E-state index is 6.17. The van der Waals surface area contributed by atoms with E-state index in [2.05, 4.69) is 44.4 Å². The zero-order valence-electron chi connectivity index (χ0n) is 12.4. The second-order valence-corrected chi connectivity index (χ2v) is 6.85. The molecule has 0 aromatic carbocycles. The zero-order valence-corrected chi connectivity index (χ0v) is 12.4. The van der Waals surface area contributed by atoms with Crippen LogP contribution in [0.25, 0.3) is 0 Å². The minimum absolute atomic E-state index is 0.312.